The number of amides is 4. The van der Waals surface area contributed by atoms with E-state index in [1.54, 1.807) is 6.07 Å². The Morgan fingerprint density at radius 3 is 2.78 bits per heavy atom. The van der Waals surface area contributed by atoms with Crippen LogP contribution in [0.2, 0.25) is 0 Å². The summed E-state index contributed by atoms with van der Waals surface area (Å²) in [7, 11) is -3.50. The van der Waals surface area contributed by atoms with Crippen LogP contribution >= 0.6 is 0 Å². The molecule has 0 spiro atoms. The normalized spacial score (nSPS) is 21.9. The molecular formula is C14H17N5O7S. The molecule has 0 unspecified atom stereocenters. The van der Waals surface area contributed by atoms with Crippen molar-refractivity contribution in [3.63, 3.8) is 0 Å². The second-order valence-corrected chi connectivity index (χ2v) is 7.10. The molecule has 1 aromatic rings. The molecule has 3 rings (SSSR count). The Kier molecular flexibility index (Phi) is 4.99. The van der Waals surface area contributed by atoms with Crippen molar-refractivity contribution in [3.8, 4) is 0 Å². The van der Waals surface area contributed by atoms with Crippen LogP contribution in [0.5, 0.6) is 0 Å². The molecule has 2 aliphatic heterocycles. The molecule has 3 heterocycles. The number of carbonyl (C=O) groups is 3. The number of nitrogens with one attached hydrogen (secondary N) is 1. The van der Waals surface area contributed by atoms with Gasteiger partial charge in [-0.25, -0.2) is 4.79 Å². The molecule has 2 atom stereocenters. The molecule has 2 fully saturated rings. The third kappa shape index (κ3) is 3.99. The Morgan fingerprint density at radius 1 is 1.41 bits per heavy atom. The summed E-state index contributed by atoms with van der Waals surface area (Å²) in [5.74, 6) is -1.09. The highest BCUT2D eigenvalue weighted by atomic mass is 32.3. The Morgan fingerprint density at radius 2 is 2.15 bits per heavy atom. The first-order chi connectivity index (χ1) is 12.7. The molecule has 1 aromatic heterocycles. The number of hydrogen-bond acceptors (Lipinski definition) is 7. The van der Waals surface area contributed by atoms with Gasteiger partial charge in [0.2, 0.25) is 0 Å². The predicted octanol–water partition coefficient (Wildman–Crippen LogP) is -0.812. The van der Waals surface area contributed by atoms with Gasteiger partial charge in [0.15, 0.2) is 0 Å². The highest BCUT2D eigenvalue weighted by Crippen LogP contribution is 2.30. The van der Waals surface area contributed by atoms with Gasteiger partial charge in [0, 0.05) is 26.0 Å². The van der Waals surface area contributed by atoms with Gasteiger partial charge in [-0.2, -0.15) is 13.5 Å². The van der Waals surface area contributed by atoms with E-state index in [4.69, 9.17) is 4.55 Å². The Labute approximate surface area is 154 Å². The largest absolute Gasteiger partial charge is 0.418 e. The van der Waals surface area contributed by atoms with Gasteiger partial charge in [-0.05, 0) is 25.0 Å². The van der Waals surface area contributed by atoms with Gasteiger partial charge in [-0.15, -0.1) is 4.28 Å². The zero-order chi connectivity index (χ0) is 19.8. The fraction of sp³-hybridized carbons (Fsp3) is 0.429. The summed E-state index contributed by atoms with van der Waals surface area (Å²) in [6, 6.07) is 0.761. The molecule has 12 nitrogen and oxygen atoms in total. The van der Waals surface area contributed by atoms with Crippen molar-refractivity contribution in [2.75, 3.05) is 13.6 Å². The zero-order valence-corrected chi connectivity index (χ0v) is 15.0. The van der Waals surface area contributed by atoms with Crippen molar-refractivity contribution in [1.29, 1.82) is 0 Å². The van der Waals surface area contributed by atoms with Crippen LogP contribution in [0, 0.1) is 0 Å². The number of piperidine rings is 1. The van der Waals surface area contributed by atoms with E-state index in [1.165, 1.54) is 25.5 Å². The number of nitrogens with zero attached hydrogens (tertiary/aromatic N) is 4. The minimum Gasteiger partial charge on any atom is -0.309 e. The number of fused-ring (bicyclic) bond motifs is 2. The average molecular weight is 399 g/mol. The van der Waals surface area contributed by atoms with Gasteiger partial charge in [0.25, 0.3) is 11.8 Å². The van der Waals surface area contributed by atoms with Gasteiger partial charge >= 0.3 is 16.4 Å². The van der Waals surface area contributed by atoms with Crippen LogP contribution in [0.15, 0.2) is 24.5 Å². The van der Waals surface area contributed by atoms with Gasteiger partial charge in [0.1, 0.15) is 6.04 Å². The van der Waals surface area contributed by atoms with Gasteiger partial charge in [-0.1, -0.05) is 0 Å². The van der Waals surface area contributed by atoms with E-state index >= 15 is 0 Å². The number of carbonyl (C=O) groups excluding carboxylic acids is 3. The summed E-state index contributed by atoms with van der Waals surface area (Å²) >= 11 is 0. The van der Waals surface area contributed by atoms with E-state index in [0.29, 0.717) is 5.06 Å². The van der Waals surface area contributed by atoms with Crippen LogP contribution in [-0.2, 0) is 19.5 Å². The molecule has 0 saturated carbocycles. The molecular weight excluding hydrogens is 382 g/mol. The summed E-state index contributed by atoms with van der Waals surface area (Å²) in [6.45, 7) is 0.0622. The summed E-state index contributed by atoms with van der Waals surface area (Å²) in [4.78, 5) is 42.1. The molecule has 2 bridgehead atoms. The highest BCUT2D eigenvalue weighted by molar-refractivity contribution is 7.80. The standard InChI is InChI=1S/C14H17N5O7S/c1-17(13(21)9-3-2-6-15-7-9)16-12(20)11-5-4-10-8-18(11)14(22)19(10)26-27(23,24)25/h2-3,6-7,10-11H,4-5,8H2,1H3,(H,16,20)(H,23,24,25)/t10-,11+/m1/s1. The summed E-state index contributed by atoms with van der Waals surface area (Å²) < 4.78 is 34.9. The van der Waals surface area contributed by atoms with Crippen LogP contribution < -0.4 is 5.43 Å². The minimum atomic E-state index is -4.86. The summed E-state index contributed by atoms with van der Waals surface area (Å²) in [5.41, 5.74) is 2.68. The maximum absolute atomic E-state index is 12.5. The molecule has 146 valence electrons. The number of hydroxylamine groups is 2. The van der Waals surface area contributed by atoms with Crippen LogP contribution in [0.3, 0.4) is 0 Å². The fourth-order valence-electron chi connectivity index (χ4n) is 3.08. The number of urea groups is 1. The molecule has 13 heteroatoms. The van der Waals surface area contributed by atoms with E-state index in [-0.39, 0.29) is 24.9 Å². The molecule has 0 radical (unpaired) electrons. The van der Waals surface area contributed by atoms with Crippen molar-refractivity contribution >= 4 is 28.2 Å². The van der Waals surface area contributed by atoms with Gasteiger partial charge < -0.3 is 4.90 Å². The molecule has 0 aliphatic carbocycles. The van der Waals surface area contributed by atoms with Crippen molar-refractivity contribution in [2.24, 2.45) is 0 Å². The smallest absolute Gasteiger partial charge is 0.309 e. The monoisotopic (exact) mass is 399 g/mol. The zero-order valence-electron chi connectivity index (χ0n) is 14.2. The lowest BCUT2D eigenvalue weighted by atomic mass is 10.0. The van der Waals surface area contributed by atoms with Crippen LogP contribution in [-0.4, -0.2) is 76.4 Å². The average Bonchev–Trinajstić information content (AvgIpc) is 2.85. The van der Waals surface area contributed by atoms with Crippen LogP contribution in [0.1, 0.15) is 23.2 Å². The maximum atomic E-state index is 12.5. The third-order valence-electron chi connectivity index (χ3n) is 4.29. The minimum absolute atomic E-state index is 0.0622. The second kappa shape index (κ2) is 7.09. The molecule has 27 heavy (non-hydrogen) atoms. The van der Waals surface area contributed by atoms with Crippen molar-refractivity contribution < 1.29 is 31.6 Å². The van der Waals surface area contributed by atoms with E-state index in [0.717, 1.165) is 9.91 Å². The van der Waals surface area contributed by atoms with E-state index in [1.807, 2.05) is 0 Å². The van der Waals surface area contributed by atoms with Crippen molar-refractivity contribution in [1.82, 2.24) is 25.4 Å². The number of aromatic nitrogens is 1. The number of pyridine rings is 1. The first-order valence-corrected chi connectivity index (χ1v) is 9.29. The second-order valence-electron chi connectivity index (χ2n) is 6.09. The number of hydrazine groups is 1. The summed E-state index contributed by atoms with van der Waals surface area (Å²) in [6.07, 6.45) is 3.39. The lowest BCUT2D eigenvalue weighted by Gasteiger charge is -2.30. The maximum Gasteiger partial charge on any atom is 0.418 e. The van der Waals surface area contributed by atoms with Gasteiger partial charge in [-0.3, -0.25) is 29.6 Å². The number of rotatable bonds is 4. The first kappa shape index (κ1) is 19.0. The first-order valence-electron chi connectivity index (χ1n) is 7.93. The molecule has 2 N–H and O–H groups in total. The van der Waals surface area contributed by atoms with Crippen molar-refractivity contribution in [2.45, 2.75) is 24.9 Å². The molecule has 2 aliphatic rings. The van der Waals surface area contributed by atoms with Gasteiger partial charge in [0.05, 0.1) is 11.6 Å². The van der Waals surface area contributed by atoms with Crippen LogP contribution in [0.4, 0.5) is 4.79 Å². The Hall–Kier alpha value is -2.77. The van der Waals surface area contributed by atoms with E-state index in [9.17, 15) is 22.8 Å². The summed E-state index contributed by atoms with van der Waals surface area (Å²) in [5, 5.41) is 1.53. The Balaban J connectivity index is 1.66. The lowest BCUT2D eigenvalue weighted by Crippen LogP contribution is -2.54. The number of hydrogen-bond donors (Lipinski definition) is 2. The molecule has 4 amide bonds. The lowest BCUT2D eigenvalue weighted by molar-refractivity contribution is -0.129. The molecule has 0 aromatic carbocycles. The van der Waals surface area contributed by atoms with E-state index in [2.05, 4.69) is 14.7 Å². The van der Waals surface area contributed by atoms with Crippen molar-refractivity contribution in [3.05, 3.63) is 30.1 Å². The van der Waals surface area contributed by atoms with E-state index < -0.39 is 40.3 Å². The third-order valence-corrected chi connectivity index (χ3v) is 4.64. The quantitative estimate of drug-likeness (QED) is 0.493. The highest BCUT2D eigenvalue weighted by Gasteiger charge is 2.49. The SMILES string of the molecule is CN(NC(=O)[C@@H]1CC[C@@H]2CN1C(=O)N2OS(=O)(=O)O)C(=O)c1cccnc1. The topological polar surface area (TPSA) is 149 Å². The fourth-order valence-corrected chi connectivity index (χ4v) is 3.47. The van der Waals surface area contributed by atoms with Crippen LogP contribution in [0.25, 0.3) is 0 Å². The molecule has 2 saturated heterocycles. The predicted molar refractivity (Wildman–Crippen MR) is 87.9 cm³/mol. The Bertz CT molecular complexity index is 862.